The van der Waals surface area contributed by atoms with Gasteiger partial charge in [-0.05, 0) is 0 Å². The maximum atomic E-state index is 5.02. The minimum absolute atomic E-state index is 0.0467. The zero-order valence-corrected chi connectivity index (χ0v) is 4.50. The van der Waals surface area contributed by atoms with E-state index in [1.54, 1.807) is 0 Å². The zero-order chi connectivity index (χ0) is 4.83. The molecule has 0 spiro atoms. The van der Waals surface area contributed by atoms with Crippen molar-refractivity contribution in [3.05, 3.63) is 0 Å². The first-order valence-corrected chi connectivity index (χ1v) is 2.13. The summed E-state index contributed by atoms with van der Waals surface area (Å²) in [6.07, 6.45) is 0. The Bertz CT molecular complexity index is 21.5. The van der Waals surface area contributed by atoms with Crippen LogP contribution in [0.4, 0.5) is 0 Å². The van der Waals surface area contributed by atoms with E-state index in [-0.39, 0.29) is 12.9 Å². The van der Waals surface area contributed by atoms with Crippen LogP contribution in [-0.4, -0.2) is 12.9 Å². The number of hydrogen-bond donors (Lipinski definition) is 0. The van der Waals surface area contributed by atoms with Crippen LogP contribution in [0.15, 0.2) is 0 Å². The van der Waals surface area contributed by atoms with Crippen molar-refractivity contribution >= 4 is 23.5 Å². The minimum Gasteiger partial charge on any atom is -0.338 e. The molecule has 0 bridgehead atoms. The summed E-state index contributed by atoms with van der Waals surface area (Å²) in [5.74, 6) is 0. The Morgan fingerprint density at radius 2 is 2.17 bits per heavy atom. The topological polar surface area (TPSA) is 18.5 Å². The van der Waals surface area contributed by atoms with Crippen LogP contribution in [-0.2, 0) is 9.03 Å². The summed E-state index contributed by atoms with van der Waals surface area (Å²) in [5, 5.41) is 0. The first-order valence-electron chi connectivity index (χ1n) is 1.29. The van der Waals surface area contributed by atoms with Crippen LogP contribution < -0.4 is 0 Å². The Kier molecular flexibility index (Phi) is 5.96. The average molecular weight is 131 g/mol. The molecule has 0 aliphatic heterocycles. The van der Waals surface area contributed by atoms with Gasteiger partial charge in [0.2, 0.25) is 0 Å². The molecule has 0 amide bonds. The van der Waals surface area contributed by atoms with E-state index in [1.807, 2.05) is 0 Å². The summed E-state index contributed by atoms with van der Waals surface area (Å²) in [6, 6.07) is 0.118. The van der Waals surface area contributed by atoms with Gasteiger partial charge in [0, 0.05) is 0 Å². The molecule has 0 unspecified atom stereocenters. The molecule has 0 fully saturated rings. The summed E-state index contributed by atoms with van der Waals surface area (Å²) in [7, 11) is 0. The lowest BCUT2D eigenvalue weighted by Crippen LogP contribution is -1.88. The Morgan fingerprint density at radius 1 is 1.50 bits per heavy atom. The summed E-state index contributed by atoms with van der Waals surface area (Å²) in [5.41, 5.74) is 0. The third-order valence-corrected chi connectivity index (χ3v) is 0.448. The van der Waals surface area contributed by atoms with Crippen LogP contribution in [0.2, 0.25) is 0 Å². The molecule has 0 aliphatic rings. The summed E-state index contributed by atoms with van der Waals surface area (Å²) in [6.45, 7) is 0.0467. The molecule has 0 N–H and O–H groups in total. The zero-order valence-electron chi connectivity index (χ0n) is 2.99. The second-order valence-corrected chi connectivity index (χ2v) is 0.977. The molecule has 0 saturated heterocycles. The van der Waals surface area contributed by atoms with Gasteiger partial charge >= 0.3 is 0 Å². The lowest BCUT2D eigenvalue weighted by atomic mass is 11.4. The SMILES string of the molecule is ClCOCOCl. The average Bonchev–Trinajstić information content (AvgIpc) is 1.61. The molecule has 0 aliphatic carbocycles. The largest absolute Gasteiger partial charge is 0.338 e. The van der Waals surface area contributed by atoms with Gasteiger partial charge in [-0.3, -0.25) is 4.29 Å². The summed E-state index contributed by atoms with van der Waals surface area (Å²) in [4.78, 5) is 0. The number of rotatable bonds is 3. The van der Waals surface area contributed by atoms with Gasteiger partial charge in [0.25, 0.3) is 0 Å². The Labute approximate surface area is 46.1 Å². The third kappa shape index (κ3) is 4.50. The van der Waals surface area contributed by atoms with Crippen molar-refractivity contribution in [2.24, 2.45) is 0 Å². The predicted molar refractivity (Wildman–Crippen MR) is 23.6 cm³/mol. The van der Waals surface area contributed by atoms with E-state index in [0.717, 1.165) is 0 Å². The van der Waals surface area contributed by atoms with Crippen molar-refractivity contribution in [1.82, 2.24) is 0 Å². The van der Waals surface area contributed by atoms with E-state index in [0.29, 0.717) is 0 Å². The maximum Gasteiger partial charge on any atom is 0.168 e. The Hall–Kier alpha value is 0.500. The third-order valence-electron chi connectivity index (χ3n) is 0.205. The number of ether oxygens (including phenoxy) is 1. The number of hydrogen-bond acceptors (Lipinski definition) is 2. The lowest BCUT2D eigenvalue weighted by molar-refractivity contribution is 0.0471. The highest BCUT2D eigenvalue weighted by Crippen LogP contribution is 1.82. The molecular weight excluding hydrogens is 127 g/mol. The van der Waals surface area contributed by atoms with Gasteiger partial charge in [-0.25, -0.2) is 0 Å². The molecule has 6 heavy (non-hydrogen) atoms. The van der Waals surface area contributed by atoms with Crippen molar-refractivity contribution in [2.45, 2.75) is 0 Å². The van der Waals surface area contributed by atoms with Crippen LogP contribution in [0.5, 0.6) is 0 Å². The van der Waals surface area contributed by atoms with E-state index in [2.05, 4.69) is 9.03 Å². The van der Waals surface area contributed by atoms with E-state index in [9.17, 15) is 0 Å². The van der Waals surface area contributed by atoms with Gasteiger partial charge in [0.05, 0.1) is 11.9 Å². The Balaban J connectivity index is 2.34. The highest BCUT2D eigenvalue weighted by atomic mass is 35.5. The van der Waals surface area contributed by atoms with Gasteiger partial charge < -0.3 is 4.74 Å². The highest BCUT2D eigenvalue weighted by molar-refractivity contribution is 6.17. The molecule has 0 aromatic carbocycles. The second-order valence-electron chi connectivity index (χ2n) is 0.540. The number of alkyl halides is 1. The van der Waals surface area contributed by atoms with Crippen molar-refractivity contribution in [1.29, 1.82) is 0 Å². The van der Waals surface area contributed by atoms with Crippen LogP contribution in [0.3, 0.4) is 0 Å². The first-order chi connectivity index (χ1) is 2.91. The lowest BCUT2D eigenvalue weighted by Gasteiger charge is -1.89. The van der Waals surface area contributed by atoms with Crippen LogP contribution >= 0.6 is 23.5 Å². The fourth-order valence-electron chi connectivity index (χ4n) is 0.0630. The highest BCUT2D eigenvalue weighted by Gasteiger charge is 1.75. The molecule has 0 aromatic rings. The normalized spacial score (nSPS) is 9.00. The molecule has 0 rings (SSSR count). The molecule has 0 atom stereocenters. The predicted octanol–water partition coefficient (Wildman–Crippen LogP) is 1.33. The van der Waals surface area contributed by atoms with Gasteiger partial charge in [-0.1, -0.05) is 11.6 Å². The molecule has 0 saturated carbocycles. The standard InChI is InChI=1S/C2H4Cl2O2/c3-1-5-2-6-4/h1-2H2. The monoisotopic (exact) mass is 130 g/mol. The summed E-state index contributed by atoms with van der Waals surface area (Å²) < 4.78 is 8.34. The smallest absolute Gasteiger partial charge is 0.168 e. The van der Waals surface area contributed by atoms with Crippen molar-refractivity contribution < 1.29 is 9.03 Å². The summed E-state index contributed by atoms with van der Waals surface area (Å²) >= 11 is 9.72. The van der Waals surface area contributed by atoms with Crippen LogP contribution in [0.1, 0.15) is 0 Å². The molecule has 0 heterocycles. The molecular formula is C2H4Cl2O2. The van der Waals surface area contributed by atoms with E-state index < -0.39 is 0 Å². The quantitative estimate of drug-likeness (QED) is 0.326. The van der Waals surface area contributed by atoms with Crippen molar-refractivity contribution in [3.63, 3.8) is 0 Å². The molecule has 4 heteroatoms. The van der Waals surface area contributed by atoms with E-state index in [1.165, 1.54) is 0 Å². The Morgan fingerprint density at radius 3 is 2.33 bits per heavy atom. The molecule has 38 valence electrons. The molecule has 0 radical (unpaired) electrons. The van der Waals surface area contributed by atoms with Gasteiger partial charge in [0.1, 0.15) is 6.07 Å². The fourth-order valence-corrected chi connectivity index (χ4v) is 0.189. The van der Waals surface area contributed by atoms with E-state index in [4.69, 9.17) is 23.5 Å². The van der Waals surface area contributed by atoms with Gasteiger partial charge in [0.15, 0.2) is 6.79 Å². The fraction of sp³-hybridized carbons (Fsp3) is 1.00. The van der Waals surface area contributed by atoms with Crippen LogP contribution in [0.25, 0.3) is 0 Å². The van der Waals surface area contributed by atoms with Crippen LogP contribution in [0, 0.1) is 0 Å². The van der Waals surface area contributed by atoms with Gasteiger partial charge in [-0.15, -0.1) is 0 Å². The first kappa shape index (κ1) is 6.50. The molecule has 2 nitrogen and oxygen atoms in total. The van der Waals surface area contributed by atoms with E-state index >= 15 is 0 Å². The number of halogens is 2. The second kappa shape index (κ2) is 5.50. The minimum atomic E-state index is 0.0467. The maximum absolute atomic E-state index is 5.02. The van der Waals surface area contributed by atoms with Gasteiger partial charge in [-0.2, -0.15) is 0 Å². The molecule has 0 aromatic heterocycles. The van der Waals surface area contributed by atoms with Crippen molar-refractivity contribution in [3.8, 4) is 0 Å². The van der Waals surface area contributed by atoms with Crippen molar-refractivity contribution in [2.75, 3.05) is 12.9 Å².